The van der Waals surface area contributed by atoms with Crippen LogP contribution in [0.5, 0.6) is 5.75 Å². The quantitative estimate of drug-likeness (QED) is 0.915. The van der Waals surface area contributed by atoms with Gasteiger partial charge in [0.25, 0.3) is 0 Å². The van der Waals surface area contributed by atoms with Crippen LogP contribution in [0.3, 0.4) is 0 Å². The molecule has 1 saturated heterocycles. The zero-order valence-electron chi connectivity index (χ0n) is 11.8. The van der Waals surface area contributed by atoms with Gasteiger partial charge in [-0.15, -0.1) is 0 Å². The molecular formula is C15H20F3NO. The van der Waals surface area contributed by atoms with E-state index in [0.29, 0.717) is 16.9 Å². The van der Waals surface area contributed by atoms with Crippen molar-refractivity contribution < 1.29 is 17.9 Å². The van der Waals surface area contributed by atoms with E-state index in [1.165, 1.54) is 6.07 Å². The number of halogens is 3. The van der Waals surface area contributed by atoms with Crippen molar-refractivity contribution in [2.24, 2.45) is 0 Å². The Labute approximate surface area is 117 Å². The number of benzene rings is 1. The summed E-state index contributed by atoms with van der Waals surface area (Å²) in [5.74, 6) is -2.81. The van der Waals surface area contributed by atoms with Gasteiger partial charge >= 0.3 is 5.92 Å². The molecule has 20 heavy (non-hydrogen) atoms. The fourth-order valence-electron chi connectivity index (χ4n) is 2.48. The lowest BCUT2D eigenvalue weighted by molar-refractivity contribution is -0.0287. The average Bonchev–Trinajstić information content (AvgIpc) is 2.43. The van der Waals surface area contributed by atoms with Crippen LogP contribution >= 0.6 is 0 Å². The highest BCUT2D eigenvalue weighted by Crippen LogP contribution is 2.35. The van der Waals surface area contributed by atoms with Crippen LogP contribution in [0.2, 0.25) is 0 Å². The van der Waals surface area contributed by atoms with E-state index < -0.39 is 12.6 Å². The third kappa shape index (κ3) is 3.26. The van der Waals surface area contributed by atoms with E-state index in [2.05, 4.69) is 5.32 Å². The van der Waals surface area contributed by atoms with E-state index in [1.54, 1.807) is 19.9 Å². The molecule has 2 rings (SSSR count). The van der Waals surface area contributed by atoms with Crippen molar-refractivity contribution in [2.75, 3.05) is 19.8 Å². The number of ether oxygens (including phenoxy) is 1. The Morgan fingerprint density at radius 1 is 1.20 bits per heavy atom. The zero-order chi connectivity index (χ0) is 14.8. The molecule has 1 aliphatic heterocycles. The van der Waals surface area contributed by atoms with Crippen LogP contribution in [0, 0.1) is 13.8 Å². The molecule has 1 heterocycles. The maximum Gasteiger partial charge on any atom is 0.301 e. The molecule has 0 radical (unpaired) electrons. The molecule has 0 atom stereocenters. The minimum atomic E-state index is -3.43. The number of nitrogens with one attached hydrogen (secondary N) is 1. The molecule has 0 unspecified atom stereocenters. The van der Waals surface area contributed by atoms with Crippen LogP contribution in [-0.4, -0.2) is 25.9 Å². The van der Waals surface area contributed by atoms with E-state index in [0.717, 1.165) is 25.9 Å². The molecule has 1 aromatic carbocycles. The van der Waals surface area contributed by atoms with Gasteiger partial charge in [-0.3, -0.25) is 0 Å². The molecule has 0 bridgehead atoms. The van der Waals surface area contributed by atoms with Crippen molar-refractivity contribution in [1.29, 1.82) is 0 Å². The Morgan fingerprint density at radius 3 is 2.45 bits per heavy atom. The largest absolute Gasteiger partial charge is 0.490 e. The Morgan fingerprint density at radius 2 is 1.85 bits per heavy atom. The van der Waals surface area contributed by atoms with Gasteiger partial charge in [-0.2, -0.15) is 8.78 Å². The van der Waals surface area contributed by atoms with Crippen LogP contribution in [0.4, 0.5) is 13.2 Å². The van der Waals surface area contributed by atoms with Crippen molar-refractivity contribution in [1.82, 2.24) is 5.32 Å². The first kappa shape index (κ1) is 15.2. The van der Waals surface area contributed by atoms with E-state index in [1.807, 2.05) is 0 Å². The lowest BCUT2D eigenvalue weighted by Crippen LogP contribution is -2.34. The van der Waals surface area contributed by atoms with Crippen LogP contribution in [0.15, 0.2) is 12.1 Å². The monoisotopic (exact) mass is 287 g/mol. The zero-order valence-corrected chi connectivity index (χ0v) is 11.8. The molecule has 112 valence electrons. The summed E-state index contributed by atoms with van der Waals surface area (Å²) in [6.45, 7) is 3.41. The average molecular weight is 287 g/mol. The van der Waals surface area contributed by atoms with E-state index in [4.69, 9.17) is 4.74 Å². The Hall–Kier alpha value is -1.23. The first-order valence-electron chi connectivity index (χ1n) is 6.87. The molecule has 0 amide bonds. The molecule has 0 saturated carbocycles. The maximum atomic E-state index is 13.5. The number of rotatable bonds is 4. The van der Waals surface area contributed by atoms with Crippen LogP contribution < -0.4 is 10.1 Å². The molecule has 1 aromatic rings. The summed E-state index contributed by atoms with van der Waals surface area (Å²) in [4.78, 5) is 0. The Bertz CT molecular complexity index is 470. The van der Waals surface area contributed by atoms with Crippen LogP contribution in [0.1, 0.15) is 29.5 Å². The summed E-state index contributed by atoms with van der Waals surface area (Å²) in [7, 11) is 0. The summed E-state index contributed by atoms with van der Waals surface area (Å²) in [5, 5.41) is 3.24. The van der Waals surface area contributed by atoms with E-state index in [-0.39, 0.29) is 11.7 Å². The second-order valence-corrected chi connectivity index (χ2v) is 5.34. The molecular weight excluding hydrogens is 267 g/mol. The van der Waals surface area contributed by atoms with Gasteiger partial charge in [0.2, 0.25) is 0 Å². The predicted octanol–water partition coefficient (Wildman–Crippen LogP) is 3.50. The highest BCUT2D eigenvalue weighted by atomic mass is 19.3. The van der Waals surface area contributed by atoms with Crippen LogP contribution in [-0.2, 0) is 5.92 Å². The van der Waals surface area contributed by atoms with Gasteiger partial charge in [-0.05, 0) is 63.0 Å². The smallest absolute Gasteiger partial charge is 0.301 e. The van der Waals surface area contributed by atoms with Gasteiger partial charge in [0.15, 0.2) is 6.67 Å². The predicted molar refractivity (Wildman–Crippen MR) is 72.3 cm³/mol. The standard InChI is InChI=1S/C15H20F3NO/c1-10-8-14(20-12-3-5-19-6-4-12)11(2)7-13(10)15(17,18)9-16/h7-8,12,19H,3-6,9H2,1-2H3. The number of hydrogen-bond donors (Lipinski definition) is 1. The van der Waals surface area contributed by atoms with Crippen molar-refractivity contribution in [2.45, 2.75) is 38.7 Å². The number of piperidine rings is 1. The molecule has 2 nitrogen and oxygen atoms in total. The van der Waals surface area contributed by atoms with Crippen molar-refractivity contribution in [3.05, 3.63) is 28.8 Å². The first-order valence-corrected chi connectivity index (χ1v) is 6.87. The summed E-state index contributed by atoms with van der Waals surface area (Å²) >= 11 is 0. The highest BCUT2D eigenvalue weighted by molar-refractivity contribution is 5.43. The first-order chi connectivity index (χ1) is 9.44. The topological polar surface area (TPSA) is 21.3 Å². The second-order valence-electron chi connectivity index (χ2n) is 5.34. The minimum Gasteiger partial charge on any atom is -0.490 e. The molecule has 1 aliphatic rings. The molecule has 1 N–H and O–H groups in total. The normalized spacial score (nSPS) is 17.2. The van der Waals surface area contributed by atoms with E-state index in [9.17, 15) is 13.2 Å². The summed E-state index contributed by atoms with van der Waals surface area (Å²) in [6.07, 6.45) is 1.92. The summed E-state index contributed by atoms with van der Waals surface area (Å²) in [6, 6.07) is 2.93. The van der Waals surface area contributed by atoms with Gasteiger partial charge in [0.05, 0.1) is 0 Å². The third-order valence-electron chi connectivity index (χ3n) is 3.66. The van der Waals surface area contributed by atoms with Crippen molar-refractivity contribution in [3.63, 3.8) is 0 Å². The van der Waals surface area contributed by atoms with Crippen molar-refractivity contribution >= 4 is 0 Å². The number of hydrogen-bond acceptors (Lipinski definition) is 2. The number of aryl methyl sites for hydroxylation is 2. The second kappa shape index (κ2) is 6.04. The molecule has 1 fully saturated rings. The lowest BCUT2D eigenvalue weighted by atomic mass is 9.99. The SMILES string of the molecule is Cc1cc(C(F)(F)CF)c(C)cc1OC1CCNCC1. The fraction of sp³-hybridized carbons (Fsp3) is 0.600. The molecule has 0 aliphatic carbocycles. The highest BCUT2D eigenvalue weighted by Gasteiger charge is 2.34. The fourth-order valence-corrected chi connectivity index (χ4v) is 2.48. The third-order valence-corrected chi connectivity index (χ3v) is 3.66. The van der Waals surface area contributed by atoms with Gasteiger partial charge in [-0.25, -0.2) is 4.39 Å². The maximum absolute atomic E-state index is 13.5. The lowest BCUT2D eigenvalue weighted by Gasteiger charge is -2.26. The van der Waals surface area contributed by atoms with Gasteiger partial charge in [-0.1, -0.05) is 0 Å². The summed E-state index contributed by atoms with van der Waals surface area (Å²) < 4.78 is 45.3. The van der Waals surface area contributed by atoms with Crippen LogP contribution in [0.25, 0.3) is 0 Å². The molecule has 0 aromatic heterocycles. The van der Waals surface area contributed by atoms with Gasteiger partial charge in [0.1, 0.15) is 11.9 Å². The number of alkyl halides is 3. The van der Waals surface area contributed by atoms with E-state index >= 15 is 0 Å². The van der Waals surface area contributed by atoms with Crippen molar-refractivity contribution in [3.8, 4) is 5.75 Å². The molecule has 5 heteroatoms. The molecule has 0 spiro atoms. The Balaban J connectivity index is 2.21. The van der Waals surface area contributed by atoms with Gasteiger partial charge < -0.3 is 10.1 Å². The minimum absolute atomic E-state index is 0.113. The Kier molecular flexibility index (Phi) is 4.58. The summed E-state index contributed by atoms with van der Waals surface area (Å²) in [5.41, 5.74) is 0.731. The van der Waals surface area contributed by atoms with Gasteiger partial charge in [0, 0.05) is 5.56 Å².